The molecule has 0 aromatic heterocycles. The van der Waals surface area contributed by atoms with Gasteiger partial charge in [-0.15, -0.1) is 0 Å². The Kier molecular flexibility index (Phi) is 12.8. The predicted molar refractivity (Wildman–Crippen MR) is 193 cm³/mol. The lowest BCUT2D eigenvalue weighted by Crippen LogP contribution is -2.45. The van der Waals surface area contributed by atoms with Crippen molar-refractivity contribution in [2.45, 2.75) is 47.3 Å². The number of nitrogens with zero attached hydrogens (tertiary/aromatic N) is 2. The highest BCUT2D eigenvalue weighted by atomic mass is 32.2. The van der Waals surface area contributed by atoms with Crippen LogP contribution < -0.4 is 9.44 Å². The van der Waals surface area contributed by atoms with Crippen LogP contribution in [0.25, 0.3) is 0 Å². The van der Waals surface area contributed by atoms with Crippen molar-refractivity contribution in [3.63, 3.8) is 0 Å². The number of hydrogen-bond acceptors (Lipinski definition) is 8. The Bertz CT molecular complexity index is 2030. The Labute approximate surface area is 296 Å². The number of nitrogens with one attached hydrogen (secondary N) is 2. The van der Waals surface area contributed by atoms with Crippen LogP contribution in [0.3, 0.4) is 0 Å². The van der Waals surface area contributed by atoms with Gasteiger partial charge in [-0.1, -0.05) is 70.8 Å². The quantitative estimate of drug-likeness (QED) is 0.165. The number of hydrogen-bond donors (Lipinski definition) is 2. The number of rotatable bonds is 17. The Hall–Kier alpha value is -3.48. The summed E-state index contributed by atoms with van der Waals surface area (Å²) in [5.74, 6) is 0. The first-order valence-electron chi connectivity index (χ1n) is 15.7. The molecule has 12 nitrogen and oxygen atoms in total. The smallest absolute Gasteiger partial charge is 0.210 e. The van der Waals surface area contributed by atoms with E-state index in [1.807, 2.05) is 13.8 Å². The molecule has 0 bridgehead atoms. The third kappa shape index (κ3) is 10.1. The van der Waals surface area contributed by atoms with Gasteiger partial charge in [-0.05, 0) is 76.2 Å². The normalized spacial score (nSPS) is 12.8. The molecule has 0 saturated heterocycles. The van der Waals surface area contributed by atoms with Crippen LogP contribution in [0.1, 0.15) is 22.3 Å². The summed E-state index contributed by atoms with van der Waals surface area (Å²) in [6, 6.07) is 24.6. The minimum Gasteiger partial charge on any atom is -0.210 e. The van der Waals surface area contributed by atoms with Gasteiger partial charge >= 0.3 is 0 Å². The Morgan fingerprint density at radius 3 is 0.880 bits per heavy atom. The van der Waals surface area contributed by atoms with E-state index >= 15 is 0 Å². The topological polar surface area (TPSA) is 167 Å². The maximum absolute atomic E-state index is 13.9. The first-order valence-corrected chi connectivity index (χ1v) is 21.5. The lowest BCUT2D eigenvalue weighted by Gasteiger charge is -2.27. The van der Waals surface area contributed by atoms with Crippen LogP contribution in [-0.4, -0.2) is 81.6 Å². The van der Waals surface area contributed by atoms with Crippen molar-refractivity contribution in [3.05, 3.63) is 119 Å². The fourth-order valence-corrected chi connectivity index (χ4v) is 9.76. The molecule has 0 unspecified atom stereocenters. The molecule has 4 rings (SSSR count). The van der Waals surface area contributed by atoms with Crippen LogP contribution in [0, 0.1) is 27.7 Å². The summed E-state index contributed by atoms with van der Waals surface area (Å²) in [6.07, 6.45) is 0. The van der Waals surface area contributed by atoms with E-state index in [4.69, 9.17) is 0 Å². The maximum atomic E-state index is 13.9. The molecule has 0 aliphatic carbocycles. The van der Waals surface area contributed by atoms with Gasteiger partial charge in [0.05, 0.1) is 19.6 Å². The van der Waals surface area contributed by atoms with Crippen molar-refractivity contribution in [1.29, 1.82) is 0 Å². The summed E-state index contributed by atoms with van der Waals surface area (Å²) in [7, 11) is -16.4. The van der Waals surface area contributed by atoms with Crippen LogP contribution in [0.2, 0.25) is 0 Å². The third-order valence-electron chi connectivity index (χ3n) is 7.89. The molecule has 4 aromatic rings. The molecule has 50 heavy (non-hydrogen) atoms. The second-order valence-corrected chi connectivity index (χ2v) is 19.3. The molecule has 270 valence electrons. The van der Waals surface area contributed by atoms with E-state index < -0.39 is 40.1 Å². The fraction of sp³-hybridized carbons (Fsp3) is 0.294. The molecule has 2 N–H and O–H groups in total. The molecule has 16 heteroatoms. The maximum Gasteiger partial charge on any atom is 0.243 e. The van der Waals surface area contributed by atoms with Crippen LogP contribution in [0.15, 0.2) is 117 Å². The number of benzene rings is 4. The summed E-state index contributed by atoms with van der Waals surface area (Å²) >= 11 is 0. The van der Waals surface area contributed by atoms with Crippen LogP contribution in [0.4, 0.5) is 0 Å². The molecule has 0 saturated carbocycles. The molecule has 0 aliphatic rings. The Morgan fingerprint density at radius 2 is 0.620 bits per heavy atom. The van der Waals surface area contributed by atoms with Gasteiger partial charge in [0.15, 0.2) is 0 Å². The van der Waals surface area contributed by atoms with Crippen molar-refractivity contribution in [2.75, 3.05) is 39.3 Å². The van der Waals surface area contributed by atoms with E-state index in [1.165, 1.54) is 48.5 Å². The van der Waals surface area contributed by atoms with E-state index in [0.717, 1.165) is 30.9 Å². The van der Waals surface area contributed by atoms with Gasteiger partial charge in [0.1, 0.15) is 0 Å². The molecule has 0 atom stereocenters. The molecule has 0 radical (unpaired) electrons. The predicted octanol–water partition coefficient (Wildman–Crippen LogP) is 3.56. The second-order valence-electron chi connectivity index (χ2n) is 11.9. The lowest BCUT2D eigenvalue weighted by atomic mass is 10.2. The Balaban J connectivity index is 1.60. The minimum absolute atomic E-state index is 0.0134. The molecule has 4 aromatic carbocycles. The van der Waals surface area contributed by atoms with Crippen molar-refractivity contribution < 1.29 is 33.7 Å². The molecule has 0 heterocycles. The molecule has 0 aliphatic heterocycles. The van der Waals surface area contributed by atoms with E-state index in [1.54, 1.807) is 62.4 Å². The highest BCUT2D eigenvalue weighted by Crippen LogP contribution is 2.20. The monoisotopic (exact) mass is 762 g/mol. The zero-order valence-electron chi connectivity index (χ0n) is 28.3. The first kappa shape index (κ1) is 39.3. The number of sulfonamides is 4. The van der Waals surface area contributed by atoms with E-state index in [2.05, 4.69) is 9.44 Å². The van der Waals surface area contributed by atoms with Gasteiger partial charge in [0.25, 0.3) is 0 Å². The highest BCUT2D eigenvalue weighted by Gasteiger charge is 2.30. The van der Waals surface area contributed by atoms with E-state index in [-0.39, 0.29) is 58.9 Å². The lowest BCUT2D eigenvalue weighted by molar-refractivity contribution is 0.347. The number of aryl methyl sites for hydroxylation is 4. The summed E-state index contributed by atoms with van der Waals surface area (Å²) in [4.78, 5) is -0.0782. The Morgan fingerprint density at radius 1 is 0.380 bits per heavy atom. The van der Waals surface area contributed by atoms with Crippen LogP contribution in [0.5, 0.6) is 0 Å². The van der Waals surface area contributed by atoms with Gasteiger partial charge in [-0.2, -0.15) is 8.61 Å². The van der Waals surface area contributed by atoms with Gasteiger partial charge in [0, 0.05) is 39.3 Å². The molecule has 0 amide bonds. The first-order chi connectivity index (χ1) is 23.4. The van der Waals surface area contributed by atoms with E-state index in [0.29, 0.717) is 0 Å². The SMILES string of the molecule is Cc1ccc(S(=O)(=O)NCCN(CCN(CCNS(=O)(=O)c2ccc(C)cc2)S(=O)(=O)c2ccc(C)cc2)S(=O)(=O)c2ccc(C)cc2)cc1. The molecule has 0 spiro atoms. The van der Waals surface area contributed by atoms with Crippen molar-refractivity contribution in [3.8, 4) is 0 Å². The van der Waals surface area contributed by atoms with Gasteiger partial charge in [0.2, 0.25) is 40.1 Å². The van der Waals surface area contributed by atoms with Gasteiger partial charge < -0.3 is 0 Å². The highest BCUT2D eigenvalue weighted by molar-refractivity contribution is 7.90. The zero-order chi connectivity index (χ0) is 36.7. The summed E-state index contributed by atoms with van der Waals surface area (Å²) in [5, 5.41) is 0. The average Bonchev–Trinajstić information content (AvgIpc) is 3.06. The van der Waals surface area contributed by atoms with E-state index in [9.17, 15) is 33.7 Å². The minimum atomic E-state index is -4.24. The second kappa shape index (κ2) is 16.2. The van der Waals surface area contributed by atoms with Gasteiger partial charge in [-0.25, -0.2) is 43.1 Å². The summed E-state index contributed by atoms with van der Waals surface area (Å²) < 4.78 is 114. The summed E-state index contributed by atoms with van der Waals surface area (Å²) in [6.45, 7) is 5.27. The van der Waals surface area contributed by atoms with Crippen LogP contribution >= 0.6 is 0 Å². The van der Waals surface area contributed by atoms with Crippen molar-refractivity contribution in [2.24, 2.45) is 0 Å². The zero-order valence-corrected chi connectivity index (χ0v) is 31.5. The third-order valence-corrected chi connectivity index (χ3v) is 14.7. The summed E-state index contributed by atoms with van der Waals surface area (Å²) in [5.41, 5.74) is 3.38. The van der Waals surface area contributed by atoms with Gasteiger partial charge in [-0.3, -0.25) is 0 Å². The van der Waals surface area contributed by atoms with Crippen LogP contribution in [-0.2, 0) is 40.1 Å². The molecule has 0 fully saturated rings. The average molecular weight is 763 g/mol. The largest absolute Gasteiger partial charge is 0.243 e. The van der Waals surface area contributed by atoms with Crippen molar-refractivity contribution in [1.82, 2.24) is 18.1 Å². The molecular weight excluding hydrogens is 721 g/mol. The standard InChI is InChI=1S/C34H42N4O8S4/c1-27-5-13-31(14-6-27)47(39,40)35-21-23-37(49(43,44)33-17-9-29(3)10-18-33)25-26-38(50(45,46)34-19-11-30(4)12-20-34)24-22-36-48(41,42)32-15-7-28(2)8-16-32/h5-20,35-36H,21-26H2,1-4H3. The molecular formula is C34H42N4O8S4. The van der Waals surface area contributed by atoms with Crippen molar-refractivity contribution >= 4 is 40.1 Å². The fourth-order valence-electron chi connectivity index (χ4n) is 4.86.